The van der Waals surface area contributed by atoms with Crippen molar-refractivity contribution in [2.45, 2.75) is 57.2 Å². The van der Waals surface area contributed by atoms with Crippen molar-refractivity contribution in [3.05, 3.63) is 53.9 Å². The van der Waals surface area contributed by atoms with Crippen molar-refractivity contribution < 1.29 is 19.1 Å². The zero-order valence-electron chi connectivity index (χ0n) is 20.5. The summed E-state index contributed by atoms with van der Waals surface area (Å²) in [5.41, 5.74) is 1.59. The van der Waals surface area contributed by atoms with Crippen molar-refractivity contribution in [1.82, 2.24) is 19.8 Å². The van der Waals surface area contributed by atoms with E-state index < -0.39 is 5.54 Å². The monoisotopic (exact) mass is 476 g/mol. The summed E-state index contributed by atoms with van der Waals surface area (Å²) in [5.74, 6) is 1.34. The highest BCUT2D eigenvalue weighted by Crippen LogP contribution is 2.32. The minimum Gasteiger partial charge on any atom is -0.493 e. The summed E-state index contributed by atoms with van der Waals surface area (Å²) in [7, 11) is 3.20. The molecule has 1 atom stereocenters. The zero-order chi connectivity index (χ0) is 24.6. The van der Waals surface area contributed by atoms with E-state index in [1.165, 1.54) is 0 Å². The molecule has 0 saturated heterocycles. The second kappa shape index (κ2) is 9.24. The van der Waals surface area contributed by atoms with Crippen LogP contribution >= 0.6 is 0 Å². The van der Waals surface area contributed by atoms with E-state index in [0.717, 1.165) is 42.3 Å². The number of hydrogen-bond acceptors (Lipinski definition) is 5. The molecule has 1 aromatic heterocycles. The first kappa shape index (κ1) is 23.2. The van der Waals surface area contributed by atoms with Gasteiger partial charge in [-0.05, 0) is 56.0 Å². The number of fused-ring (bicyclic) bond motifs is 3. The number of para-hydroxylation sites is 2. The molecule has 1 aliphatic heterocycles. The van der Waals surface area contributed by atoms with Crippen LogP contribution in [-0.2, 0) is 17.8 Å². The lowest BCUT2D eigenvalue weighted by molar-refractivity contribution is -0.133. The van der Waals surface area contributed by atoms with Crippen LogP contribution < -0.4 is 14.8 Å². The van der Waals surface area contributed by atoms with Gasteiger partial charge in [0.1, 0.15) is 5.54 Å². The van der Waals surface area contributed by atoms with Crippen molar-refractivity contribution in [1.29, 1.82) is 0 Å². The first-order valence-electron chi connectivity index (χ1n) is 12.2. The van der Waals surface area contributed by atoms with E-state index in [1.807, 2.05) is 54.0 Å². The molecule has 0 spiro atoms. The number of nitrogens with one attached hydrogen (secondary N) is 1. The number of ether oxygens (including phenoxy) is 2. The van der Waals surface area contributed by atoms with Gasteiger partial charge in [0.25, 0.3) is 5.91 Å². The fraction of sp³-hybridized carbons (Fsp3) is 0.444. The molecule has 184 valence electrons. The minimum absolute atomic E-state index is 0.103. The third-order valence-corrected chi connectivity index (χ3v) is 7.40. The van der Waals surface area contributed by atoms with Gasteiger partial charge in [0.15, 0.2) is 17.3 Å². The number of benzene rings is 2. The molecule has 2 aliphatic rings. The highest BCUT2D eigenvalue weighted by atomic mass is 16.5. The van der Waals surface area contributed by atoms with Crippen LogP contribution in [0.1, 0.15) is 48.8 Å². The first-order chi connectivity index (χ1) is 16.9. The Kier molecular flexibility index (Phi) is 6.13. The zero-order valence-corrected chi connectivity index (χ0v) is 20.5. The average Bonchev–Trinajstić information content (AvgIpc) is 3.51. The number of amides is 2. The molecular weight excluding hydrogens is 444 g/mol. The summed E-state index contributed by atoms with van der Waals surface area (Å²) >= 11 is 0. The Bertz CT molecular complexity index is 1260. The molecule has 0 bridgehead atoms. The molecular formula is C27H32N4O4. The summed E-state index contributed by atoms with van der Waals surface area (Å²) in [6, 6.07) is 13.6. The molecule has 2 heterocycles. The van der Waals surface area contributed by atoms with Crippen molar-refractivity contribution in [3.8, 4) is 11.5 Å². The van der Waals surface area contributed by atoms with Gasteiger partial charge in [-0.1, -0.05) is 31.0 Å². The van der Waals surface area contributed by atoms with Gasteiger partial charge in [0.05, 0.1) is 31.8 Å². The molecule has 35 heavy (non-hydrogen) atoms. The normalized spacial score (nSPS) is 20.2. The smallest absolute Gasteiger partial charge is 0.290 e. The molecule has 8 nitrogen and oxygen atoms in total. The Morgan fingerprint density at radius 2 is 1.86 bits per heavy atom. The molecule has 3 aromatic rings. The molecule has 1 fully saturated rings. The Balaban J connectivity index is 1.48. The van der Waals surface area contributed by atoms with Crippen LogP contribution in [0.15, 0.2) is 42.5 Å². The highest BCUT2D eigenvalue weighted by molar-refractivity contribution is 6.01. The fourth-order valence-electron chi connectivity index (χ4n) is 5.37. The van der Waals surface area contributed by atoms with Gasteiger partial charge in [0, 0.05) is 12.6 Å². The lowest BCUT2D eigenvalue weighted by Gasteiger charge is -2.44. The summed E-state index contributed by atoms with van der Waals surface area (Å²) in [6.45, 7) is 2.62. The summed E-state index contributed by atoms with van der Waals surface area (Å²) in [4.78, 5) is 33.9. The minimum atomic E-state index is -1.04. The van der Waals surface area contributed by atoms with E-state index >= 15 is 0 Å². The number of nitrogens with zero attached hydrogens (tertiary/aromatic N) is 3. The number of hydrogen-bond donors (Lipinski definition) is 1. The van der Waals surface area contributed by atoms with Crippen molar-refractivity contribution in [2.75, 3.05) is 20.8 Å². The number of aromatic nitrogens is 2. The lowest BCUT2D eigenvalue weighted by atomic mass is 9.93. The third-order valence-electron chi connectivity index (χ3n) is 7.40. The van der Waals surface area contributed by atoms with Crippen molar-refractivity contribution in [3.63, 3.8) is 0 Å². The van der Waals surface area contributed by atoms with E-state index in [1.54, 1.807) is 19.1 Å². The first-order valence-corrected chi connectivity index (χ1v) is 12.2. The Morgan fingerprint density at radius 1 is 1.11 bits per heavy atom. The van der Waals surface area contributed by atoms with E-state index in [-0.39, 0.29) is 17.9 Å². The number of carbonyl (C=O) groups is 2. The summed E-state index contributed by atoms with van der Waals surface area (Å²) < 4.78 is 12.7. The van der Waals surface area contributed by atoms with Crippen LogP contribution in [0.4, 0.5) is 0 Å². The van der Waals surface area contributed by atoms with E-state index in [0.29, 0.717) is 36.8 Å². The van der Waals surface area contributed by atoms with Crippen molar-refractivity contribution in [2.24, 2.45) is 0 Å². The topological polar surface area (TPSA) is 85.7 Å². The Labute approximate surface area is 205 Å². The number of imidazole rings is 1. The summed E-state index contributed by atoms with van der Waals surface area (Å²) in [6.07, 6.45) is 4.79. The molecule has 0 radical (unpaired) electrons. The number of methoxy groups -OCH3 is 2. The average molecular weight is 477 g/mol. The molecule has 2 amide bonds. The largest absolute Gasteiger partial charge is 0.493 e. The maximum Gasteiger partial charge on any atom is 0.290 e. The third kappa shape index (κ3) is 4.11. The van der Waals surface area contributed by atoms with Crippen molar-refractivity contribution >= 4 is 22.8 Å². The van der Waals surface area contributed by atoms with Crippen LogP contribution in [-0.4, -0.2) is 58.6 Å². The predicted octanol–water partition coefficient (Wildman–Crippen LogP) is 3.57. The van der Waals surface area contributed by atoms with Gasteiger partial charge >= 0.3 is 0 Å². The van der Waals surface area contributed by atoms with Crippen LogP contribution in [0.25, 0.3) is 11.0 Å². The van der Waals surface area contributed by atoms with Gasteiger partial charge in [-0.3, -0.25) is 9.59 Å². The van der Waals surface area contributed by atoms with Crippen LogP contribution in [0.3, 0.4) is 0 Å². The van der Waals surface area contributed by atoms with Crippen LogP contribution in [0, 0.1) is 0 Å². The quantitative estimate of drug-likeness (QED) is 0.564. The van der Waals surface area contributed by atoms with Gasteiger partial charge in [-0.15, -0.1) is 0 Å². The molecule has 5 rings (SSSR count). The van der Waals surface area contributed by atoms with Crippen LogP contribution in [0.5, 0.6) is 11.5 Å². The van der Waals surface area contributed by atoms with Crippen LogP contribution in [0.2, 0.25) is 0 Å². The molecule has 1 aliphatic carbocycles. The van der Waals surface area contributed by atoms with Gasteiger partial charge in [0.2, 0.25) is 5.91 Å². The van der Waals surface area contributed by atoms with E-state index in [4.69, 9.17) is 9.47 Å². The molecule has 2 aromatic carbocycles. The standard InChI is InChI=1S/C27H32N4O4/c1-27(26(33)28-19-8-4-5-9-19)17-30-21-11-7-6-10-20(21)29-24(30)25(32)31(27)15-14-18-12-13-22(34-2)23(16-18)35-3/h6-7,10-13,16,19H,4-5,8-9,14-15,17H2,1-3H3,(H,28,33)/t27-/m0/s1. The second-order valence-electron chi connectivity index (χ2n) is 9.64. The van der Waals surface area contributed by atoms with Gasteiger partial charge in [-0.25, -0.2) is 4.98 Å². The maximum absolute atomic E-state index is 13.8. The highest BCUT2D eigenvalue weighted by Gasteiger charge is 2.48. The number of carbonyl (C=O) groups excluding carboxylic acids is 2. The summed E-state index contributed by atoms with van der Waals surface area (Å²) in [5, 5.41) is 3.24. The predicted molar refractivity (Wildman–Crippen MR) is 133 cm³/mol. The molecule has 8 heteroatoms. The van der Waals surface area contributed by atoms with Gasteiger partial charge in [-0.2, -0.15) is 0 Å². The molecule has 0 unspecified atom stereocenters. The molecule has 1 saturated carbocycles. The fourth-order valence-corrected chi connectivity index (χ4v) is 5.37. The maximum atomic E-state index is 13.8. The molecule has 1 N–H and O–H groups in total. The SMILES string of the molecule is COc1ccc(CCN2C(=O)c3nc4ccccc4n3C[C@@]2(C)C(=O)NC2CCCC2)cc1OC. The lowest BCUT2D eigenvalue weighted by Crippen LogP contribution is -2.65. The van der Waals surface area contributed by atoms with E-state index in [9.17, 15) is 9.59 Å². The van der Waals surface area contributed by atoms with E-state index in [2.05, 4.69) is 10.3 Å². The number of rotatable bonds is 7. The Morgan fingerprint density at radius 3 is 2.60 bits per heavy atom. The van der Waals surface area contributed by atoms with Gasteiger partial charge < -0.3 is 24.3 Å². The second-order valence-corrected chi connectivity index (χ2v) is 9.64. The Hall–Kier alpha value is -3.55.